The number of methoxy groups -OCH3 is 1. The second-order valence-electron chi connectivity index (χ2n) is 6.76. The van der Waals surface area contributed by atoms with E-state index in [1.807, 2.05) is 24.4 Å². The fourth-order valence-corrected chi connectivity index (χ4v) is 4.41. The molecule has 2 saturated heterocycles. The van der Waals surface area contributed by atoms with Gasteiger partial charge in [-0.3, -0.25) is 4.98 Å². The molecule has 122 valence electrons. The third-order valence-electron chi connectivity index (χ3n) is 5.63. The zero-order valence-corrected chi connectivity index (χ0v) is 13.7. The first kappa shape index (κ1) is 14.8. The van der Waals surface area contributed by atoms with Gasteiger partial charge in [0, 0.05) is 17.8 Å². The van der Waals surface area contributed by atoms with Crippen LogP contribution >= 0.6 is 0 Å². The van der Waals surface area contributed by atoms with E-state index in [0.29, 0.717) is 11.8 Å². The van der Waals surface area contributed by atoms with Crippen LogP contribution in [0.25, 0.3) is 11.0 Å². The van der Waals surface area contributed by atoms with Crippen molar-refractivity contribution >= 4 is 11.0 Å². The fourth-order valence-electron chi connectivity index (χ4n) is 4.41. The Balaban J connectivity index is 1.93. The van der Waals surface area contributed by atoms with Crippen LogP contribution in [0.2, 0.25) is 0 Å². The van der Waals surface area contributed by atoms with E-state index in [-0.39, 0.29) is 5.60 Å². The molecular formula is C18H23N3O2. The highest BCUT2D eigenvalue weighted by Gasteiger charge is 2.54. The van der Waals surface area contributed by atoms with Crippen LogP contribution in [-0.2, 0) is 10.3 Å². The smallest absolute Gasteiger partial charge is 0.213 e. The molecule has 1 unspecified atom stereocenters. The van der Waals surface area contributed by atoms with Crippen LogP contribution in [-0.4, -0.2) is 22.8 Å². The standard InChI is InChI=1S/C18H23N3O2/c1-3-18(12-6-9-17(19,23-18)10-7-12)13-8-11-20-14-4-5-15(22-2)21-16(13)14/h4-5,8,11-12H,3,6-7,9-10,19H2,1-2H3. The number of nitrogens with zero attached hydrogens (tertiary/aromatic N) is 2. The Hall–Kier alpha value is -1.72. The molecule has 3 fully saturated rings. The average Bonchev–Trinajstić information content (AvgIpc) is 2.60. The summed E-state index contributed by atoms with van der Waals surface area (Å²) in [7, 11) is 1.63. The predicted octanol–water partition coefficient (Wildman–Crippen LogP) is 3.12. The van der Waals surface area contributed by atoms with Gasteiger partial charge in [-0.15, -0.1) is 0 Å². The van der Waals surface area contributed by atoms with Crippen molar-refractivity contribution in [3.8, 4) is 5.88 Å². The topological polar surface area (TPSA) is 70.3 Å². The molecule has 1 atom stereocenters. The molecule has 0 aromatic carbocycles. The number of pyridine rings is 2. The summed E-state index contributed by atoms with van der Waals surface area (Å²) in [4.78, 5) is 9.11. The Morgan fingerprint density at radius 3 is 2.74 bits per heavy atom. The molecule has 0 spiro atoms. The van der Waals surface area contributed by atoms with Gasteiger partial charge in [-0.2, -0.15) is 0 Å². The largest absolute Gasteiger partial charge is 0.481 e. The van der Waals surface area contributed by atoms with Crippen LogP contribution in [0.15, 0.2) is 24.4 Å². The summed E-state index contributed by atoms with van der Waals surface area (Å²) in [6.45, 7) is 2.18. The van der Waals surface area contributed by atoms with Crippen molar-refractivity contribution in [1.29, 1.82) is 0 Å². The van der Waals surface area contributed by atoms with E-state index in [9.17, 15) is 0 Å². The lowest BCUT2D eigenvalue weighted by atomic mass is 9.66. The third-order valence-corrected chi connectivity index (χ3v) is 5.63. The lowest BCUT2D eigenvalue weighted by molar-refractivity contribution is -0.259. The van der Waals surface area contributed by atoms with Crippen molar-refractivity contribution in [3.63, 3.8) is 0 Å². The van der Waals surface area contributed by atoms with Crippen molar-refractivity contribution in [2.75, 3.05) is 7.11 Å². The summed E-state index contributed by atoms with van der Waals surface area (Å²) < 4.78 is 11.9. The van der Waals surface area contributed by atoms with E-state index >= 15 is 0 Å². The van der Waals surface area contributed by atoms with E-state index < -0.39 is 5.72 Å². The molecule has 5 nitrogen and oxygen atoms in total. The molecule has 2 N–H and O–H groups in total. The number of nitrogens with two attached hydrogens (primary N) is 1. The van der Waals surface area contributed by atoms with Crippen LogP contribution < -0.4 is 10.5 Å². The third kappa shape index (κ3) is 2.14. The van der Waals surface area contributed by atoms with Gasteiger partial charge in [0.05, 0.1) is 18.1 Å². The Kier molecular flexibility index (Phi) is 3.32. The molecular weight excluding hydrogens is 290 g/mol. The second kappa shape index (κ2) is 5.14. The van der Waals surface area contributed by atoms with Crippen molar-refractivity contribution in [1.82, 2.24) is 9.97 Å². The number of hydrogen-bond donors (Lipinski definition) is 1. The first-order valence-corrected chi connectivity index (χ1v) is 8.39. The van der Waals surface area contributed by atoms with Crippen LogP contribution in [0.3, 0.4) is 0 Å². The van der Waals surface area contributed by atoms with E-state index in [2.05, 4.69) is 16.9 Å². The van der Waals surface area contributed by atoms with Gasteiger partial charge in [0.15, 0.2) is 0 Å². The molecule has 5 rings (SSSR count). The molecule has 2 aromatic heterocycles. The van der Waals surface area contributed by atoms with E-state index in [4.69, 9.17) is 15.2 Å². The minimum Gasteiger partial charge on any atom is -0.481 e. The molecule has 4 heterocycles. The first-order valence-electron chi connectivity index (χ1n) is 8.39. The molecule has 1 saturated carbocycles. The van der Waals surface area contributed by atoms with Gasteiger partial charge in [-0.25, -0.2) is 4.98 Å². The summed E-state index contributed by atoms with van der Waals surface area (Å²) in [6.07, 6.45) is 6.83. The lowest BCUT2D eigenvalue weighted by Crippen LogP contribution is -2.60. The van der Waals surface area contributed by atoms with Gasteiger partial charge in [0.2, 0.25) is 5.88 Å². The molecule has 2 aliphatic heterocycles. The highest BCUT2D eigenvalue weighted by molar-refractivity contribution is 5.79. The van der Waals surface area contributed by atoms with Crippen molar-refractivity contribution in [2.24, 2.45) is 11.7 Å². The van der Waals surface area contributed by atoms with Crippen molar-refractivity contribution < 1.29 is 9.47 Å². The normalized spacial score (nSPS) is 33.1. The summed E-state index contributed by atoms with van der Waals surface area (Å²) in [5.74, 6) is 1.08. The zero-order chi connectivity index (χ0) is 16.1. The SMILES string of the molecule is CCC1(c2ccnc3ccc(OC)nc23)OC2(N)CCC1CC2. The van der Waals surface area contributed by atoms with E-state index in [1.54, 1.807) is 7.11 Å². The summed E-state index contributed by atoms with van der Waals surface area (Å²) >= 11 is 0. The van der Waals surface area contributed by atoms with Gasteiger partial charge in [-0.1, -0.05) is 6.92 Å². The van der Waals surface area contributed by atoms with Crippen LogP contribution in [0, 0.1) is 5.92 Å². The average molecular weight is 313 g/mol. The highest BCUT2D eigenvalue weighted by Crippen LogP contribution is 2.55. The van der Waals surface area contributed by atoms with Gasteiger partial charge >= 0.3 is 0 Å². The summed E-state index contributed by atoms with van der Waals surface area (Å²) in [5.41, 5.74) is 8.47. The second-order valence-corrected chi connectivity index (χ2v) is 6.76. The molecule has 1 aliphatic carbocycles. The molecule has 2 bridgehead atoms. The molecule has 23 heavy (non-hydrogen) atoms. The molecule has 3 aliphatic rings. The fraction of sp³-hybridized carbons (Fsp3) is 0.556. The van der Waals surface area contributed by atoms with Gasteiger partial charge in [0.25, 0.3) is 0 Å². The maximum atomic E-state index is 6.55. The minimum atomic E-state index is -0.501. The number of fused-ring (bicyclic) bond motifs is 4. The van der Waals surface area contributed by atoms with Crippen molar-refractivity contribution in [2.45, 2.75) is 50.4 Å². The Morgan fingerprint density at radius 2 is 2.09 bits per heavy atom. The van der Waals surface area contributed by atoms with Crippen molar-refractivity contribution in [3.05, 3.63) is 30.0 Å². The number of hydrogen-bond acceptors (Lipinski definition) is 5. The van der Waals surface area contributed by atoms with Crippen LogP contribution in [0.5, 0.6) is 5.88 Å². The molecule has 5 heteroatoms. The number of aromatic nitrogens is 2. The summed E-state index contributed by atoms with van der Waals surface area (Å²) in [6, 6.07) is 5.84. The Bertz CT molecular complexity index is 740. The molecule has 0 amide bonds. The summed E-state index contributed by atoms with van der Waals surface area (Å²) in [5, 5.41) is 0. The monoisotopic (exact) mass is 313 g/mol. The predicted molar refractivity (Wildman–Crippen MR) is 88.0 cm³/mol. The number of rotatable bonds is 3. The quantitative estimate of drug-likeness (QED) is 0.942. The Morgan fingerprint density at radius 1 is 1.30 bits per heavy atom. The van der Waals surface area contributed by atoms with E-state index in [0.717, 1.165) is 48.7 Å². The molecule has 0 radical (unpaired) electrons. The minimum absolute atomic E-state index is 0.369. The molecule has 2 aromatic rings. The van der Waals surface area contributed by atoms with Gasteiger partial charge < -0.3 is 15.2 Å². The van der Waals surface area contributed by atoms with Gasteiger partial charge in [0.1, 0.15) is 11.3 Å². The maximum absolute atomic E-state index is 6.55. The Labute approximate surface area is 136 Å². The first-order chi connectivity index (χ1) is 11.1. The zero-order valence-electron chi connectivity index (χ0n) is 13.7. The van der Waals surface area contributed by atoms with Crippen LogP contribution in [0.4, 0.5) is 0 Å². The maximum Gasteiger partial charge on any atom is 0.213 e. The van der Waals surface area contributed by atoms with Gasteiger partial charge in [-0.05, 0) is 50.2 Å². The van der Waals surface area contributed by atoms with Crippen LogP contribution in [0.1, 0.15) is 44.6 Å². The lowest BCUT2D eigenvalue weighted by Gasteiger charge is -2.56. The van der Waals surface area contributed by atoms with E-state index in [1.165, 1.54) is 0 Å². The highest BCUT2D eigenvalue weighted by atomic mass is 16.5. The number of ether oxygens (including phenoxy) is 2.